The van der Waals surface area contributed by atoms with Crippen molar-refractivity contribution in [2.45, 2.75) is 44.7 Å². The number of hydrogen-bond donors (Lipinski definition) is 2. The summed E-state index contributed by atoms with van der Waals surface area (Å²) in [5.74, 6) is -1.22. The maximum absolute atomic E-state index is 12.6. The van der Waals surface area contributed by atoms with E-state index in [0.29, 0.717) is 12.5 Å². The van der Waals surface area contributed by atoms with E-state index < -0.39 is 23.6 Å². The maximum atomic E-state index is 12.6. The number of anilines is 1. The normalized spacial score (nSPS) is 15.8. The molecule has 0 unspecified atom stereocenters. The van der Waals surface area contributed by atoms with E-state index in [1.807, 2.05) is 0 Å². The van der Waals surface area contributed by atoms with Crippen LogP contribution in [-0.4, -0.2) is 18.4 Å². The van der Waals surface area contributed by atoms with Crippen LogP contribution in [-0.2, 0) is 15.8 Å². The summed E-state index contributed by atoms with van der Waals surface area (Å²) in [6.45, 7) is 0.402. The lowest BCUT2D eigenvalue weighted by molar-refractivity contribution is -0.137. The fraction of sp³-hybridized carbons (Fsp3) is 0.529. The van der Waals surface area contributed by atoms with Crippen molar-refractivity contribution in [3.63, 3.8) is 0 Å². The first kappa shape index (κ1) is 18.3. The van der Waals surface area contributed by atoms with Gasteiger partial charge in [-0.25, -0.2) is 0 Å². The topological polar surface area (TPSA) is 58.2 Å². The van der Waals surface area contributed by atoms with Crippen molar-refractivity contribution >= 4 is 17.5 Å². The number of benzene rings is 1. The Hall–Kier alpha value is -2.05. The molecule has 1 aliphatic rings. The molecule has 132 valence electrons. The Kier molecular flexibility index (Phi) is 6.23. The molecule has 1 saturated carbocycles. The van der Waals surface area contributed by atoms with Crippen LogP contribution < -0.4 is 10.6 Å². The molecule has 1 fully saturated rings. The minimum Gasteiger partial charge on any atom is -0.348 e. The van der Waals surface area contributed by atoms with Crippen LogP contribution in [0.3, 0.4) is 0 Å². The van der Waals surface area contributed by atoms with Crippen molar-refractivity contribution < 1.29 is 22.8 Å². The Morgan fingerprint density at radius 2 is 1.79 bits per heavy atom. The molecule has 0 aliphatic heterocycles. The molecule has 2 N–H and O–H groups in total. The van der Waals surface area contributed by atoms with Crippen LogP contribution in [0.5, 0.6) is 0 Å². The quantitative estimate of drug-likeness (QED) is 0.819. The van der Waals surface area contributed by atoms with Gasteiger partial charge in [0.1, 0.15) is 0 Å². The Labute approximate surface area is 138 Å². The molecular weight excluding hydrogens is 321 g/mol. The molecule has 1 aliphatic carbocycles. The lowest BCUT2D eigenvalue weighted by atomic mass is 9.87. The van der Waals surface area contributed by atoms with Gasteiger partial charge in [-0.15, -0.1) is 0 Å². The van der Waals surface area contributed by atoms with Crippen molar-refractivity contribution in [1.29, 1.82) is 0 Å². The highest BCUT2D eigenvalue weighted by atomic mass is 19.4. The van der Waals surface area contributed by atoms with E-state index in [4.69, 9.17) is 0 Å². The summed E-state index contributed by atoms with van der Waals surface area (Å²) in [7, 11) is 0. The molecular formula is C17H21F3N2O2. The summed E-state index contributed by atoms with van der Waals surface area (Å²) in [6.07, 6.45) is 2.27. The number of carbonyl (C=O) groups excluding carboxylic acids is 2. The largest absolute Gasteiger partial charge is 0.416 e. The van der Waals surface area contributed by atoms with Crippen LogP contribution >= 0.6 is 0 Å². The Morgan fingerprint density at radius 3 is 2.46 bits per heavy atom. The molecule has 0 radical (unpaired) electrons. The van der Waals surface area contributed by atoms with Crippen LogP contribution in [0.15, 0.2) is 24.3 Å². The summed E-state index contributed by atoms with van der Waals surface area (Å²) in [5.41, 5.74) is -0.935. The van der Waals surface area contributed by atoms with Crippen LogP contribution in [0.1, 0.15) is 44.1 Å². The van der Waals surface area contributed by atoms with Crippen LogP contribution in [0.25, 0.3) is 0 Å². The summed E-state index contributed by atoms with van der Waals surface area (Å²) in [4.78, 5) is 23.5. The van der Waals surface area contributed by atoms with Gasteiger partial charge < -0.3 is 10.6 Å². The molecule has 2 amide bonds. The number of hydrogen-bond acceptors (Lipinski definition) is 2. The smallest absolute Gasteiger partial charge is 0.348 e. The lowest BCUT2D eigenvalue weighted by Gasteiger charge is -2.21. The van der Waals surface area contributed by atoms with Crippen LogP contribution in [0, 0.1) is 5.92 Å². The van der Waals surface area contributed by atoms with E-state index in [1.54, 1.807) is 0 Å². The highest BCUT2D eigenvalue weighted by Gasteiger charge is 2.30. The predicted octanol–water partition coefficient (Wildman–Crippen LogP) is 3.73. The van der Waals surface area contributed by atoms with Gasteiger partial charge in [0.15, 0.2) is 0 Å². The molecule has 0 bridgehead atoms. The van der Waals surface area contributed by atoms with Gasteiger partial charge in [0.2, 0.25) is 0 Å². The lowest BCUT2D eigenvalue weighted by Crippen LogP contribution is -2.36. The number of halogens is 3. The van der Waals surface area contributed by atoms with Crippen molar-refractivity contribution in [3.05, 3.63) is 29.8 Å². The number of nitrogens with one attached hydrogen (secondary N) is 2. The minimum atomic E-state index is -4.50. The Morgan fingerprint density at radius 1 is 1.08 bits per heavy atom. The average Bonchev–Trinajstić information content (AvgIpc) is 2.55. The van der Waals surface area contributed by atoms with Gasteiger partial charge in [-0.05, 0) is 30.5 Å². The van der Waals surface area contributed by atoms with Crippen molar-refractivity contribution in [3.8, 4) is 0 Å². The summed E-state index contributed by atoms with van der Waals surface area (Å²) >= 11 is 0. The molecule has 0 spiro atoms. The van der Waals surface area contributed by atoms with E-state index in [1.165, 1.54) is 31.4 Å². The van der Waals surface area contributed by atoms with Gasteiger partial charge in [0, 0.05) is 12.2 Å². The molecule has 0 heterocycles. The van der Waals surface area contributed by atoms with E-state index in [9.17, 15) is 22.8 Å². The molecule has 4 nitrogen and oxygen atoms in total. The molecule has 1 aromatic carbocycles. The second-order valence-corrected chi connectivity index (χ2v) is 6.08. The van der Waals surface area contributed by atoms with Gasteiger partial charge >= 0.3 is 18.0 Å². The number of alkyl halides is 3. The van der Waals surface area contributed by atoms with Gasteiger partial charge in [0.25, 0.3) is 0 Å². The molecule has 7 heteroatoms. The number of amides is 2. The minimum absolute atomic E-state index is 0.0581. The third-order valence-electron chi connectivity index (χ3n) is 4.22. The summed E-state index contributed by atoms with van der Waals surface area (Å²) in [6, 6.07) is 4.19. The molecule has 0 atom stereocenters. The molecule has 24 heavy (non-hydrogen) atoms. The van der Waals surface area contributed by atoms with Gasteiger partial charge in [0.05, 0.1) is 5.56 Å². The third-order valence-corrected chi connectivity index (χ3v) is 4.22. The summed E-state index contributed by atoms with van der Waals surface area (Å²) < 4.78 is 37.8. The fourth-order valence-electron chi connectivity index (χ4n) is 2.91. The fourth-order valence-corrected chi connectivity index (χ4v) is 2.91. The second kappa shape index (κ2) is 8.17. The van der Waals surface area contributed by atoms with Crippen LogP contribution in [0.2, 0.25) is 0 Å². The van der Waals surface area contributed by atoms with E-state index in [2.05, 4.69) is 10.6 Å². The molecule has 0 saturated heterocycles. The zero-order chi connectivity index (χ0) is 17.6. The molecule has 0 aromatic heterocycles. The van der Waals surface area contributed by atoms with E-state index in [-0.39, 0.29) is 5.69 Å². The number of rotatable bonds is 4. The Balaban J connectivity index is 1.80. The average molecular weight is 342 g/mol. The highest BCUT2D eigenvalue weighted by Crippen LogP contribution is 2.30. The molecule has 1 aromatic rings. The van der Waals surface area contributed by atoms with Gasteiger partial charge in [-0.2, -0.15) is 13.2 Å². The third kappa shape index (κ3) is 5.54. The van der Waals surface area contributed by atoms with Crippen LogP contribution in [0.4, 0.5) is 18.9 Å². The van der Waals surface area contributed by atoms with Crippen molar-refractivity contribution in [1.82, 2.24) is 5.32 Å². The number of carbonyl (C=O) groups is 2. The van der Waals surface area contributed by atoms with E-state index >= 15 is 0 Å². The monoisotopic (exact) mass is 342 g/mol. The van der Waals surface area contributed by atoms with Crippen molar-refractivity contribution in [2.75, 3.05) is 11.9 Å². The zero-order valence-electron chi connectivity index (χ0n) is 13.3. The first-order valence-electron chi connectivity index (χ1n) is 8.12. The first-order chi connectivity index (χ1) is 11.4. The highest BCUT2D eigenvalue weighted by molar-refractivity contribution is 6.39. The zero-order valence-corrected chi connectivity index (χ0v) is 13.3. The summed E-state index contributed by atoms with van der Waals surface area (Å²) in [5, 5.41) is 4.71. The molecule has 2 rings (SSSR count). The maximum Gasteiger partial charge on any atom is 0.416 e. The SMILES string of the molecule is O=C(NCCC1CCCCC1)C(=O)Nc1cccc(C(F)(F)F)c1. The first-order valence-corrected chi connectivity index (χ1v) is 8.12. The van der Waals surface area contributed by atoms with E-state index in [0.717, 1.165) is 31.4 Å². The van der Waals surface area contributed by atoms with Gasteiger partial charge in [-0.1, -0.05) is 38.2 Å². The predicted molar refractivity (Wildman–Crippen MR) is 84.3 cm³/mol. The van der Waals surface area contributed by atoms with Gasteiger partial charge in [-0.3, -0.25) is 9.59 Å². The van der Waals surface area contributed by atoms with Crippen molar-refractivity contribution in [2.24, 2.45) is 5.92 Å². The Bertz CT molecular complexity index is 581. The standard InChI is InChI=1S/C17H21F3N2O2/c18-17(19,20)13-7-4-8-14(11-13)22-16(24)15(23)21-10-9-12-5-2-1-3-6-12/h4,7-8,11-12H,1-3,5-6,9-10H2,(H,21,23)(H,22,24). The second-order valence-electron chi connectivity index (χ2n) is 6.08.